The predicted octanol–water partition coefficient (Wildman–Crippen LogP) is 4.76. The fourth-order valence-corrected chi connectivity index (χ4v) is 5.17. The molecule has 0 heterocycles. The van der Waals surface area contributed by atoms with Crippen LogP contribution in [0.25, 0.3) is 0 Å². The van der Waals surface area contributed by atoms with E-state index in [1.807, 2.05) is 0 Å². The van der Waals surface area contributed by atoms with E-state index in [0.29, 0.717) is 0 Å². The van der Waals surface area contributed by atoms with Crippen molar-refractivity contribution < 1.29 is 51.7 Å². The summed E-state index contributed by atoms with van der Waals surface area (Å²) < 4.78 is 5.77. The molecule has 0 N–H and O–H groups in total. The smallest absolute Gasteiger partial charge is 0.309 e. The minimum atomic E-state index is 0. The molecule has 2 rings (SSSR count). The zero-order chi connectivity index (χ0) is 14.2. The zero-order valence-electron chi connectivity index (χ0n) is 13.9. The van der Waals surface area contributed by atoms with Gasteiger partial charge in [-0.25, -0.2) is 0 Å². The van der Waals surface area contributed by atoms with Crippen LogP contribution in [0, 0.1) is 5.92 Å². The molecule has 2 aliphatic rings. The molecule has 0 spiro atoms. The Hall–Kier alpha value is 1.06. The molecule has 0 saturated heterocycles. The quantitative estimate of drug-likeness (QED) is 0.233. The van der Waals surface area contributed by atoms with Gasteiger partial charge in [-0.3, -0.25) is 4.79 Å². The third-order valence-corrected chi connectivity index (χ3v) is 6.66. The first-order chi connectivity index (χ1) is 9.79. The van der Waals surface area contributed by atoms with Crippen LogP contribution in [0.5, 0.6) is 0 Å². The molecule has 5 heteroatoms. The minimum Gasteiger partial charge on any atom is -0.462 e. The molecular formula is C17H30O2SiW2. The minimum absolute atomic E-state index is 0. The standard InChI is InChI=1S/C17H30O2Si.2W/c1-2-3-13-20-16-11-9-15(10-12-16)19-17(18)14-7-5-4-6-8-14;;/h14-16H,2-13H2,1H3;;. The number of unbranched alkanes of at least 4 members (excludes halogenated alkanes) is 1. The van der Waals surface area contributed by atoms with Gasteiger partial charge >= 0.3 is 5.97 Å². The maximum absolute atomic E-state index is 12.1. The number of esters is 1. The largest absolute Gasteiger partial charge is 0.462 e. The first-order valence-corrected chi connectivity index (χ1v) is 10.0. The molecule has 2 fully saturated rings. The van der Waals surface area contributed by atoms with Crippen molar-refractivity contribution in [2.45, 2.75) is 95.2 Å². The van der Waals surface area contributed by atoms with Crippen molar-refractivity contribution in [2.75, 3.05) is 0 Å². The molecule has 0 aromatic carbocycles. The Balaban J connectivity index is 0.00000220. The van der Waals surface area contributed by atoms with Crippen molar-refractivity contribution in [1.82, 2.24) is 0 Å². The van der Waals surface area contributed by atoms with E-state index in [1.165, 1.54) is 51.0 Å². The summed E-state index contributed by atoms with van der Waals surface area (Å²) in [5.41, 5.74) is 0.922. The second kappa shape index (κ2) is 13.4. The molecule has 0 amide bonds. The van der Waals surface area contributed by atoms with E-state index in [-0.39, 0.29) is 60.1 Å². The number of ether oxygens (including phenoxy) is 1. The molecule has 0 aromatic rings. The number of rotatable bonds is 6. The van der Waals surface area contributed by atoms with Gasteiger partial charge in [-0.05, 0) is 44.1 Å². The molecule has 0 aromatic heterocycles. The van der Waals surface area contributed by atoms with Gasteiger partial charge in [-0.15, -0.1) is 0 Å². The fourth-order valence-electron chi connectivity index (χ4n) is 3.47. The zero-order valence-corrected chi connectivity index (χ0v) is 20.7. The second-order valence-corrected chi connectivity index (χ2v) is 8.28. The Kier molecular flexibility index (Phi) is 14.0. The summed E-state index contributed by atoms with van der Waals surface area (Å²) in [4.78, 5) is 12.1. The van der Waals surface area contributed by atoms with Gasteiger partial charge in [0.05, 0.1) is 5.92 Å². The molecule has 0 aliphatic heterocycles. The van der Waals surface area contributed by atoms with Gasteiger partial charge in [0.25, 0.3) is 0 Å². The summed E-state index contributed by atoms with van der Waals surface area (Å²) in [7, 11) is 1.14. The first kappa shape index (κ1) is 23.1. The predicted molar refractivity (Wildman–Crippen MR) is 84.1 cm³/mol. The molecule has 2 aliphatic carbocycles. The normalized spacial score (nSPS) is 25.7. The van der Waals surface area contributed by atoms with Crippen molar-refractivity contribution in [2.24, 2.45) is 5.92 Å². The van der Waals surface area contributed by atoms with Crippen LogP contribution in [-0.2, 0) is 51.7 Å². The molecule has 126 valence electrons. The van der Waals surface area contributed by atoms with Gasteiger partial charge in [0.1, 0.15) is 6.10 Å². The topological polar surface area (TPSA) is 26.3 Å². The van der Waals surface area contributed by atoms with Crippen molar-refractivity contribution in [1.29, 1.82) is 0 Å². The van der Waals surface area contributed by atoms with Crippen molar-refractivity contribution in [3.63, 3.8) is 0 Å². The summed E-state index contributed by atoms with van der Waals surface area (Å²) in [6, 6.07) is 1.41. The summed E-state index contributed by atoms with van der Waals surface area (Å²) in [5.74, 6) is 0.328. The molecule has 2 saturated carbocycles. The van der Waals surface area contributed by atoms with Crippen LogP contribution in [0.15, 0.2) is 0 Å². The van der Waals surface area contributed by atoms with E-state index in [0.717, 1.165) is 40.7 Å². The second-order valence-electron chi connectivity index (χ2n) is 6.55. The van der Waals surface area contributed by atoms with E-state index in [4.69, 9.17) is 4.74 Å². The molecule has 2 nitrogen and oxygen atoms in total. The summed E-state index contributed by atoms with van der Waals surface area (Å²) in [6.45, 7) is 2.27. The van der Waals surface area contributed by atoms with E-state index in [9.17, 15) is 4.79 Å². The molecule has 0 unspecified atom stereocenters. The van der Waals surface area contributed by atoms with Gasteiger partial charge in [-0.1, -0.05) is 45.1 Å². The average Bonchev–Trinajstić information content (AvgIpc) is 2.50. The van der Waals surface area contributed by atoms with Crippen LogP contribution in [0.1, 0.15) is 77.6 Å². The molecule has 0 atom stereocenters. The summed E-state index contributed by atoms with van der Waals surface area (Å²) >= 11 is 0. The van der Waals surface area contributed by atoms with Crippen LogP contribution in [-0.4, -0.2) is 21.6 Å². The van der Waals surface area contributed by atoms with Crippen LogP contribution in [0.2, 0.25) is 11.6 Å². The molecule has 2 radical (unpaired) electrons. The van der Waals surface area contributed by atoms with Gasteiger partial charge in [0, 0.05) is 51.7 Å². The Morgan fingerprint density at radius 3 is 2.23 bits per heavy atom. The van der Waals surface area contributed by atoms with E-state index in [1.54, 1.807) is 0 Å². The van der Waals surface area contributed by atoms with E-state index in [2.05, 4.69) is 6.92 Å². The number of carbonyl (C=O) groups excluding carboxylic acids is 1. The van der Waals surface area contributed by atoms with Gasteiger partial charge in [0.15, 0.2) is 0 Å². The summed E-state index contributed by atoms with van der Waals surface area (Å²) in [6.07, 6.45) is 13.6. The van der Waals surface area contributed by atoms with Crippen LogP contribution < -0.4 is 0 Å². The maximum Gasteiger partial charge on any atom is 0.309 e. The van der Waals surface area contributed by atoms with Crippen molar-refractivity contribution >= 4 is 15.5 Å². The van der Waals surface area contributed by atoms with Gasteiger partial charge < -0.3 is 4.74 Å². The van der Waals surface area contributed by atoms with E-state index < -0.39 is 0 Å². The summed E-state index contributed by atoms with van der Waals surface area (Å²) in [5, 5.41) is 0. The third kappa shape index (κ3) is 8.25. The van der Waals surface area contributed by atoms with Gasteiger partial charge in [-0.2, -0.15) is 0 Å². The molecule has 0 bridgehead atoms. The average molecular weight is 662 g/mol. The SMILES string of the molecule is CCCC[Si]C1CCC(OC(=O)C2CCCCC2)CC1.[W].[W]. The number of carbonyl (C=O) groups is 1. The van der Waals surface area contributed by atoms with Gasteiger partial charge in [0.2, 0.25) is 0 Å². The van der Waals surface area contributed by atoms with Crippen molar-refractivity contribution in [3.8, 4) is 0 Å². The first-order valence-electron chi connectivity index (χ1n) is 8.73. The Bertz CT molecular complexity index is 288. The number of hydrogen-bond donors (Lipinski definition) is 0. The molecular weight excluding hydrogens is 632 g/mol. The fraction of sp³-hybridized carbons (Fsp3) is 0.941. The maximum atomic E-state index is 12.1. The monoisotopic (exact) mass is 662 g/mol. The van der Waals surface area contributed by atoms with E-state index >= 15 is 0 Å². The Morgan fingerprint density at radius 1 is 1.00 bits per heavy atom. The number of hydrogen-bond acceptors (Lipinski definition) is 2. The molecule has 22 heavy (non-hydrogen) atoms. The Labute approximate surface area is 167 Å². The van der Waals surface area contributed by atoms with Crippen LogP contribution in [0.4, 0.5) is 0 Å². The van der Waals surface area contributed by atoms with Crippen molar-refractivity contribution in [3.05, 3.63) is 0 Å². The Morgan fingerprint density at radius 2 is 1.64 bits per heavy atom. The van der Waals surface area contributed by atoms with Crippen LogP contribution >= 0.6 is 0 Å². The third-order valence-electron chi connectivity index (χ3n) is 4.86. The van der Waals surface area contributed by atoms with Crippen LogP contribution in [0.3, 0.4) is 0 Å².